The zero-order chi connectivity index (χ0) is 12.4. The molecule has 17 heavy (non-hydrogen) atoms. The number of benzene rings is 1. The number of carboxylic acids is 1. The fourth-order valence-corrected chi connectivity index (χ4v) is 1.22. The van der Waals surface area contributed by atoms with Gasteiger partial charge in [-0.1, -0.05) is 0 Å². The van der Waals surface area contributed by atoms with E-state index in [0.717, 1.165) is 0 Å². The summed E-state index contributed by atoms with van der Waals surface area (Å²) < 4.78 is 6.75. The van der Waals surface area contributed by atoms with Gasteiger partial charge < -0.3 is 15.6 Å². The first-order valence-corrected chi connectivity index (χ1v) is 4.72. The molecule has 0 bridgehead atoms. The standard InChI is InChI=1S/C10H10N4O3/c1-14-5-12-10(13-14)17-8-4-6(9(15)16)2-3-7(8)11/h2-5H,11H2,1H3,(H,15,16). The third-order valence-electron chi connectivity index (χ3n) is 2.04. The molecule has 1 aromatic carbocycles. The Balaban J connectivity index is 2.31. The summed E-state index contributed by atoms with van der Waals surface area (Å²) in [6.45, 7) is 0. The summed E-state index contributed by atoms with van der Waals surface area (Å²) in [5, 5.41) is 12.7. The van der Waals surface area contributed by atoms with Crippen molar-refractivity contribution in [2.24, 2.45) is 7.05 Å². The maximum Gasteiger partial charge on any atom is 0.341 e. The predicted molar refractivity (Wildman–Crippen MR) is 58.9 cm³/mol. The second kappa shape index (κ2) is 4.12. The van der Waals surface area contributed by atoms with Crippen LogP contribution in [0.15, 0.2) is 24.5 Å². The molecule has 0 aliphatic heterocycles. The molecule has 0 amide bonds. The van der Waals surface area contributed by atoms with Gasteiger partial charge in [0.05, 0.1) is 11.3 Å². The summed E-state index contributed by atoms with van der Waals surface area (Å²) in [5.41, 5.74) is 6.07. The number of carbonyl (C=O) groups is 1. The molecule has 0 aliphatic carbocycles. The molecule has 2 aromatic rings. The average molecular weight is 234 g/mol. The van der Waals surface area contributed by atoms with Crippen LogP contribution < -0.4 is 10.5 Å². The minimum Gasteiger partial charge on any atom is -0.478 e. The normalized spacial score (nSPS) is 10.2. The van der Waals surface area contributed by atoms with E-state index in [4.69, 9.17) is 15.6 Å². The third kappa shape index (κ3) is 2.33. The summed E-state index contributed by atoms with van der Waals surface area (Å²) in [4.78, 5) is 14.6. The number of aromatic nitrogens is 3. The van der Waals surface area contributed by atoms with Gasteiger partial charge in [-0.3, -0.25) is 4.68 Å². The van der Waals surface area contributed by atoms with Crippen LogP contribution in [-0.2, 0) is 7.05 Å². The zero-order valence-electron chi connectivity index (χ0n) is 8.99. The first-order chi connectivity index (χ1) is 8.06. The van der Waals surface area contributed by atoms with Gasteiger partial charge in [-0.25, -0.2) is 4.79 Å². The van der Waals surface area contributed by atoms with Crippen molar-refractivity contribution in [2.45, 2.75) is 0 Å². The van der Waals surface area contributed by atoms with Crippen molar-refractivity contribution >= 4 is 11.7 Å². The monoisotopic (exact) mass is 234 g/mol. The Labute approximate surface area is 96.5 Å². The molecule has 0 radical (unpaired) electrons. The lowest BCUT2D eigenvalue weighted by Crippen LogP contribution is -2.00. The molecule has 1 aromatic heterocycles. The molecule has 0 spiro atoms. The largest absolute Gasteiger partial charge is 0.478 e. The van der Waals surface area contributed by atoms with Crippen LogP contribution in [0.5, 0.6) is 11.8 Å². The van der Waals surface area contributed by atoms with Crippen molar-refractivity contribution in [3.05, 3.63) is 30.1 Å². The number of hydrogen-bond acceptors (Lipinski definition) is 5. The Hall–Kier alpha value is -2.57. The number of rotatable bonds is 3. The molecule has 88 valence electrons. The van der Waals surface area contributed by atoms with Gasteiger partial charge in [-0.05, 0) is 18.2 Å². The van der Waals surface area contributed by atoms with E-state index in [1.54, 1.807) is 7.05 Å². The van der Waals surface area contributed by atoms with E-state index in [-0.39, 0.29) is 17.3 Å². The summed E-state index contributed by atoms with van der Waals surface area (Å²) in [7, 11) is 1.69. The van der Waals surface area contributed by atoms with Crippen LogP contribution in [-0.4, -0.2) is 25.8 Å². The first kappa shape index (κ1) is 10.9. The molecular weight excluding hydrogens is 224 g/mol. The highest BCUT2D eigenvalue weighted by atomic mass is 16.5. The number of aromatic carboxylic acids is 1. The van der Waals surface area contributed by atoms with Crippen LogP contribution in [0.1, 0.15) is 10.4 Å². The van der Waals surface area contributed by atoms with Crippen LogP contribution in [0, 0.1) is 0 Å². The van der Waals surface area contributed by atoms with Crippen molar-refractivity contribution in [2.75, 3.05) is 5.73 Å². The van der Waals surface area contributed by atoms with Crippen molar-refractivity contribution in [3.63, 3.8) is 0 Å². The van der Waals surface area contributed by atoms with Gasteiger partial charge in [-0.2, -0.15) is 4.98 Å². The van der Waals surface area contributed by atoms with Gasteiger partial charge >= 0.3 is 12.0 Å². The molecular formula is C10H10N4O3. The summed E-state index contributed by atoms with van der Waals surface area (Å²) in [6.07, 6.45) is 1.46. The Morgan fingerprint density at radius 2 is 2.29 bits per heavy atom. The SMILES string of the molecule is Cn1cnc(Oc2cc(C(=O)O)ccc2N)n1. The minimum absolute atomic E-state index is 0.0881. The molecule has 0 saturated heterocycles. The molecule has 2 rings (SSSR count). The van der Waals surface area contributed by atoms with Gasteiger partial charge in [0, 0.05) is 7.05 Å². The number of aryl methyl sites for hydroxylation is 1. The van der Waals surface area contributed by atoms with E-state index in [9.17, 15) is 4.79 Å². The highest BCUT2D eigenvalue weighted by Crippen LogP contribution is 2.26. The Morgan fingerprint density at radius 1 is 1.53 bits per heavy atom. The van der Waals surface area contributed by atoms with Gasteiger partial charge in [0.1, 0.15) is 6.33 Å². The van der Waals surface area contributed by atoms with Crippen molar-refractivity contribution in [3.8, 4) is 11.8 Å². The molecule has 0 fully saturated rings. The Kier molecular flexibility index (Phi) is 2.65. The quantitative estimate of drug-likeness (QED) is 0.764. The maximum atomic E-state index is 10.8. The van der Waals surface area contributed by atoms with Crippen molar-refractivity contribution in [1.82, 2.24) is 14.8 Å². The summed E-state index contributed by atoms with van der Waals surface area (Å²) in [6, 6.07) is 4.30. The smallest absolute Gasteiger partial charge is 0.341 e. The summed E-state index contributed by atoms with van der Waals surface area (Å²) in [5.74, 6) is -0.833. The van der Waals surface area contributed by atoms with E-state index in [1.807, 2.05) is 0 Å². The average Bonchev–Trinajstić information content (AvgIpc) is 2.67. The van der Waals surface area contributed by atoms with E-state index in [2.05, 4.69) is 10.1 Å². The molecule has 3 N–H and O–H groups in total. The van der Waals surface area contributed by atoms with Gasteiger partial charge in [0.2, 0.25) is 0 Å². The number of nitrogens with two attached hydrogens (primary N) is 1. The molecule has 0 saturated carbocycles. The van der Waals surface area contributed by atoms with Gasteiger partial charge in [0.15, 0.2) is 5.75 Å². The molecule has 0 unspecified atom stereocenters. The number of ether oxygens (including phenoxy) is 1. The van der Waals surface area contributed by atoms with Crippen molar-refractivity contribution in [1.29, 1.82) is 0 Å². The van der Waals surface area contributed by atoms with Crippen molar-refractivity contribution < 1.29 is 14.6 Å². The molecule has 0 aliphatic rings. The van der Waals surface area contributed by atoms with Crippen LogP contribution in [0.3, 0.4) is 0 Å². The highest BCUT2D eigenvalue weighted by Gasteiger charge is 2.10. The van der Waals surface area contributed by atoms with Crippen LogP contribution in [0.4, 0.5) is 5.69 Å². The number of carboxylic acid groups (broad SMARTS) is 1. The fraction of sp³-hybridized carbons (Fsp3) is 0.100. The number of hydrogen-bond donors (Lipinski definition) is 2. The fourth-order valence-electron chi connectivity index (χ4n) is 1.22. The minimum atomic E-state index is -1.05. The lowest BCUT2D eigenvalue weighted by atomic mass is 10.2. The third-order valence-corrected chi connectivity index (χ3v) is 2.04. The molecule has 0 atom stereocenters. The predicted octanol–water partition coefficient (Wildman–Crippen LogP) is 0.888. The van der Waals surface area contributed by atoms with Gasteiger partial charge in [0.25, 0.3) is 0 Å². The van der Waals surface area contributed by atoms with Crippen LogP contribution >= 0.6 is 0 Å². The van der Waals surface area contributed by atoms with E-state index in [1.165, 1.54) is 29.2 Å². The lowest BCUT2D eigenvalue weighted by Gasteiger charge is -2.05. The van der Waals surface area contributed by atoms with Gasteiger partial charge in [-0.15, -0.1) is 5.10 Å². The lowest BCUT2D eigenvalue weighted by molar-refractivity contribution is 0.0696. The number of anilines is 1. The summed E-state index contributed by atoms with van der Waals surface area (Å²) >= 11 is 0. The topological polar surface area (TPSA) is 103 Å². The number of nitrogens with zero attached hydrogens (tertiary/aromatic N) is 3. The Morgan fingerprint density at radius 3 is 2.88 bits per heavy atom. The van der Waals surface area contributed by atoms with Crippen LogP contribution in [0.25, 0.3) is 0 Å². The van der Waals surface area contributed by atoms with E-state index < -0.39 is 5.97 Å². The second-order valence-corrected chi connectivity index (χ2v) is 3.36. The zero-order valence-corrected chi connectivity index (χ0v) is 8.99. The highest BCUT2D eigenvalue weighted by molar-refractivity contribution is 5.89. The maximum absolute atomic E-state index is 10.8. The Bertz CT molecular complexity index is 564. The molecule has 7 nitrogen and oxygen atoms in total. The first-order valence-electron chi connectivity index (χ1n) is 4.72. The number of nitrogen functional groups attached to an aromatic ring is 1. The van der Waals surface area contributed by atoms with E-state index >= 15 is 0 Å². The molecule has 1 heterocycles. The van der Waals surface area contributed by atoms with Crippen LogP contribution in [0.2, 0.25) is 0 Å². The molecule has 7 heteroatoms. The van der Waals surface area contributed by atoms with E-state index in [0.29, 0.717) is 5.69 Å². The second-order valence-electron chi connectivity index (χ2n) is 3.36.